The van der Waals surface area contributed by atoms with Gasteiger partial charge in [-0.1, -0.05) is 12.8 Å². The first-order valence-electron chi connectivity index (χ1n) is 8.61. The maximum absolute atomic E-state index is 12.8. The third-order valence-corrected chi connectivity index (χ3v) is 5.48. The van der Waals surface area contributed by atoms with Crippen LogP contribution in [0.4, 0.5) is 0 Å². The molecule has 5 nitrogen and oxygen atoms in total. The summed E-state index contributed by atoms with van der Waals surface area (Å²) in [4.78, 5) is 14.9. The Balaban J connectivity index is 1.53. The molecule has 1 aromatic rings. The highest BCUT2D eigenvalue weighted by Crippen LogP contribution is 2.34. The first-order valence-corrected chi connectivity index (χ1v) is 8.61. The van der Waals surface area contributed by atoms with Gasteiger partial charge in [-0.3, -0.25) is 9.48 Å². The fourth-order valence-corrected chi connectivity index (χ4v) is 3.99. The fourth-order valence-electron chi connectivity index (χ4n) is 3.99. The number of carbonyl (C=O) groups is 1. The molecule has 22 heavy (non-hydrogen) atoms. The predicted molar refractivity (Wildman–Crippen MR) is 86.1 cm³/mol. The highest BCUT2D eigenvalue weighted by molar-refractivity contribution is 5.80. The van der Waals surface area contributed by atoms with Crippen molar-refractivity contribution in [1.82, 2.24) is 14.7 Å². The lowest BCUT2D eigenvalue weighted by Crippen LogP contribution is -2.54. The van der Waals surface area contributed by atoms with Crippen molar-refractivity contribution in [2.24, 2.45) is 17.6 Å². The van der Waals surface area contributed by atoms with Crippen LogP contribution in [-0.2, 0) is 11.3 Å². The van der Waals surface area contributed by atoms with Crippen molar-refractivity contribution in [1.29, 1.82) is 0 Å². The predicted octanol–water partition coefficient (Wildman–Crippen LogP) is 2.03. The summed E-state index contributed by atoms with van der Waals surface area (Å²) in [5, 5.41) is 4.28. The second-order valence-electron chi connectivity index (χ2n) is 7.30. The number of likely N-dealkylation sites (tertiary alicyclic amines) is 1. The molecule has 5 heteroatoms. The summed E-state index contributed by atoms with van der Waals surface area (Å²) >= 11 is 0. The highest BCUT2D eigenvalue weighted by Gasteiger charge is 2.40. The molecule has 2 heterocycles. The minimum absolute atomic E-state index is 0.0175. The van der Waals surface area contributed by atoms with Crippen LogP contribution in [0.1, 0.15) is 45.4 Å². The van der Waals surface area contributed by atoms with Crippen LogP contribution in [-0.4, -0.2) is 39.2 Å². The molecule has 1 saturated carbocycles. The van der Waals surface area contributed by atoms with E-state index in [1.807, 2.05) is 23.1 Å². The van der Waals surface area contributed by atoms with E-state index in [0.717, 1.165) is 58.2 Å². The summed E-state index contributed by atoms with van der Waals surface area (Å²) in [7, 11) is 0. The molecule has 1 saturated heterocycles. The molecule has 1 amide bonds. The summed E-state index contributed by atoms with van der Waals surface area (Å²) in [6.45, 7) is 4.76. The molecule has 1 aliphatic carbocycles. The van der Waals surface area contributed by atoms with Crippen molar-refractivity contribution in [2.75, 3.05) is 13.1 Å². The third-order valence-electron chi connectivity index (χ3n) is 5.48. The summed E-state index contributed by atoms with van der Waals surface area (Å²) in [5.41, 5.74) is 6.07. The molecule has 0 aromatic carbocycles. The van der Waals surface area contributed by atoms with Crippen LogP contribution in [0.3, 0.4) is 0 Å². The van der Waals surface area contributed by atoms with Gasteiger partial charge in [-0.25, -0.2) is 0 Å². The Bertz CT molecular complexity index is 489. The fraction of sp³-hybridized carbons (Fsp3) is 0.765. The molecule has 2 unspecified atom stereocenters. The maximum Gasteiger partial charge on any atom is 0.227 e. The Hall–Kier alpha value is -1.36. The molecule has 122 valence electrons. The molecular formula is C17H28N4O. The summed E-state index contributed by atoms with van der Waals surface area (Å²) < 4.78 is 2.00. The lowest BCUT2D eigenvalue weighted by atomic mass is 9.73. The van der Waals surface area contributed by atoms with E-state index in [1.54, 1.807) is 0 Å². The normalized spacial score (nSPS) is 30.5. The first-order chi connectivity index (χ1) is 10.6. The van der Waals surface area contributed by atoms with Gasteiger partial charge in [0.2, 0.25) is 5.91 Å². The zero-order valence-electron chi connectivity index (χ0n) is 13.6. The molecule has 1 aromatic heterocycles. The average molecular weight is 304 g/mol. The molecular weight excluding hydrogens is 276 g/mol. The summed E-state index contributed by atoms with van der Waals surface area (Å²) in [6, 6.07) is 1.96. The smallest absolute Gasteiger partial charge is 0.227 e. The number of nitrogens with two attached hydrogens (primary N) is 1. The van der Waals surface area contributed by atoms with Crippen LogP contribution >= 0.6 is 0 Å². The minimum atomic E-state index is -0.318. The largest absolute Gasteiger partial charge is 0.342 e. The van der Waals surface area contributed by atoms with Gasteiger partial charge in [-0.15, -0.1) is 0 Å². The second kappa shape index (κ2) is 6.41. The first kappa shape index (κ1) is 15.5. The number of carbonyl (C=O) groups excluding carboxylic acids is 1. The van der Waals surface area contributed by atoms with Crippen molar-refractivity contribution in [3.8, 4) is 0 Å². The van der Waals surface area contributed by atoms with Crippen LogP contribution in [0.2, 0.25) is 0 Å². The Kier molecular flexibility index (Phi) is 4.52. The minimum Gasteiger partial charge on any atom is -0.342 e. The van der Waals surface area contributed by atoms with Gasteiger partial charge in [0.05, 0.1) is 5.92 Å². The van der Waals surface area contributed by atoms with Crippen molar-refractivity contribution < 1.29 is 4.79 Å². The van der Waals surface area contributed by atoms with Crippen molar-refractivity contribution in [2.45, 2.75) is 57.5 Å². The average Bonchev–Trinajstić information content (AvgIpc) is 3.00. The van der Waals surface area contributed by atoms with E-state index in [9.17, 15) is 4.79 Å². The SMILES string of the molecule is CC1(N)CCCCC1C(=O)N1CCC(Cn2cccn2)CC1. The Morgan fingerprint density at radius 3 is 2.73 bits per heavy atom. The standard InChI is InChI=1S/C17H28N4O/c1-17(18)8-3-2-5-15(17)16(22)20-11-6-14(7-12-20)13-21-10-4-9-19-21/h4,9-10,14-15H,2-3,5-8,11-13,18H2,1H3. The number of hydrogen-bond donors (Lipinski definition) is 1. The van der Waals surface area contributed by atoms with E-state index < -0.39 is 0 Å². The van der Waals surface area contributed by atoms with E-state index in [1.165, 1.54) is 0 Å². The van der Waals surface area contributed by atoms with Crippen LogP contribution in [0.25, 0.3) is 0 Å². The zero-order valence-corrected chi connectivity index (χ0v) is 13.6. The molecule has 0 radical (unpaired) electrons. The monoisotopic (exact) mass is 304 g/mol. The quantitative estimate of drug-likeness (QED) is 0.929. The highest BCUT2D eigenvalue weighted by atomic mass is 16.2. The van der Waals surface area contributed by atoms with E-state index in [4.69, 9.17) is 5.73 Å². The van der Waals surface area contributed by atoms with Gasteiger partial charge >= 0.3 is 0 Å². The van der Waals surface area contributed by atoms with Gasteiger partial charge in [0.1, 0.15) is 0 Å². The Labute approximate surface area is 132 Å². The van der Waals surface area contributed by atoms with Crippen molar-refractivity contribution in [3.05, 3.63) is 18.5 Å². The molecule has 2 aliphatic rings. The number of aromatic nitrogens is 2. The zero-order chi connectivity index (χ0) is 15.6. The molecule has 1 aliphatic heterocycles. The molecule has 2 N–H and O–H groups in total. The molecule has 3 rings (SSSR count). The van der Waals surface area contributed by atoms with Crippen LogP contribution in [0.5, 0.6) is 0 Å². The summed E-state index contributed by atoms with van der Waals surface area (Å²) in [5.74, 6) is 0.936. The van der Waals surface area contributed by atoms with Gasteiger partial charge in [0.25, 0.3) is 0 Å². The second-order valence-corrected chi connectivity index (χ2v) is 7.30. The van der Waals surface area contributed by atoms with E-state index in [0.29, 0.717) is 11.8 Å². The molecule has 2 atom stereocenters. The third kappa shape index (κ3) is 3.35. The lowest BCUT2D eigenvalue weighted by Gasteiger charge is -2.41. The topological polar surface area (TPSA) is 64.2 Å². The van der Waals surface area contributed by atoms with E-state index in [2.05, 4.69) is 16.9 Å². The van der Waals surface area contributed by atoms with Gasteiger partial charge in [0, 0.05) is 37.6 Å². The van der Waals surface area contributed by atoms with Gasteiger partial charge in [-0.2, -0.15) is 5.10 Å². The molecule has 2 fully saturated rings. The lowest BCUT2D eigenvalue weighted by molar-refractivity contribution is -0.140. The number of hydrogen-bond acceptors (Lipinski definition) is 3. The van der Waals surface area contributed by atoms with Gasteiger partial charge in [-0.05, 0) is 44.6 Å². The van der Waals surface area contributed by atoms with E-state index in [-0.39, 0.29) is 11.5 Å². The van der Waals surface area contributed by atoms with Crippen LogP contribution in [0.15, 0.2) is 18.5 Å². The van der Waals surface area contributed by atoms with Crippen LogP contribution in [0, 0.1) is 11.8 Å². The maximum atomic E-state index is 12.8. The van der Waals surface area contributed by atoms with Gasteiger partial charge < -0.3 is 10.6 Å². The Morgan fingerprint density at radius 1 is 1.32 bits per heavy atom. The van der Waals surface area contributed by atoms with Crippen molar-refractivity contribution >= 4 is 5.91 Å². The number of rotatable bonds is 3. The summed E-state index contributed by atoms with van der Waals surface area (Å²) in [6.07, 6.45) is 10.2. The Morgan fingerprint density at radius 2 is 2.09 bits per heavy atom. The number of amides is 1. The van der Waals surface area contributed by atoms with Gasteiger partial charge in [0.15, 0.2) is 0 Å². The molecule has 0 bridgehead atoms. The van der Waals surface area contributed by atoms with Crippen LogP contribution < -0.4 is 5.73 Å². The number of nitrogens with zero attached hydrogens (tertiary/aromatic N) is 3. The molecule has 0 spiro atoms. The van der Waals surface area contributed by atoms with Crippen molar-refractivity contribution in [3.63, 3.8) is 0 Å². The van der Waals surface area contributed by atoms with E-state index >= 15 is 0 Å². The number of piperidine rings is 1.